The van der Waals surface area contributed by atoms with Gasteiger partial charge in [-0.25, -0.2) is 0 Å². The first-order chi connectivity index (χ1) is 13.6. The second-order valence-electron chi connectivity index (χ2n) is 6.65. The number of hydrogen-bond donors (Lipinski definition) is 2. The summed E-state index contributed by atoms with van der Waals surface area (Å²) in [7, 11) is 3.06. The smallest absolute Gasteiger partial charge is 0.243 e. The van der Waals surface area contributed by atoms with Crippen molar-refractivity contribution in [3.63, 3.8) is 0 Å². The van der Waals surface area contributed by atoms with Crippen LogP contribution in [0.5, 0.6) is 11.5 Å². The Morgan fingerprint density at radius 2 is 1.75 bits per heavy atom. The van der Waals surface area contributed by atoms with Crippen LogP contribution in [0.3, 0.4) is 0 Å². The molecule has 3 rings (SSSR count). The molecule has 0 aliphatic carbocycles. The minimum atomic E-state index is -0.187. The molecule has 7 heteroatoms. The van der Waals surface area contributed by atoms with Gasteiger partial charge in [0.25, 0.3) is 0 Å². The number of methoxy groups -OCH3 is 2. The Morgan fingerprint density at radius 3 is 2.46 bits per heavy atom. The number of hydrogen-bond acceptors (Lipinski definition) is 5. The Labute approximate surface area is 170 Å². The van der Waals surface area contributed by atoms with Crippen LogP contribution in [0, 0.1) is 0 Å². The standard InChI is InChI=1S/C21H26ClN3O3/c1-27-19-13-20(28-2)17(12-15(19)22)24-21(26)14-23-16-8-4-5-9-18(16)25-10-6-3-7-11-25/h4-5,8-9,12-13,23H,3,6-7,10-11,14H2,1-2H3,(H,24,26). The van der Waals surface area contributed by atoms with Crippen molar-refractivity contribution in [1.29, 1.82) is 0 Å². The van der Waals surface area contributed by atoms with E-state index in [1.165, 1.54) is 33.5 Å². The van der Waals surface area contributed by atoms with Crippen LogP contribution < -0.4 is 25.0 Å². The van der Waals surface area contributed by atoms with Gasteiger partial charge in [-0.1, -0.05) is 23.7 Å². The lowest BCUT2D eigenvalue weighted by Gasteiger charge is -2.30. The SMILES string of the molecule is COc1cc(OC)c(NC(=O)CNc2ccccc2N2CCCCC2)cc1Cl. The van der Waals surface area contributed by atoms with Gasteiger partial charge < -0.3 is 25.0 Å². The topological polar surface area (TPSA) is 62.8 Å². The summed E-state index contributed by atoms with van der Waals surface area (Å²) in [5, 5.41) is 6.50. The van der Waals surface area contributed by atoms with Gasteiger partial charge in [0.1, 0.15) is 11.5 Å². The van der Waals surface area contributed by atoms with Gasteiger partial charge >= 0.3 is 0 Å². The molecule has 2 aromatic carbocycles. The lowest BCUT2D eigenvalue weighted by molar-refractivity contribution is -0.114. The number of nitrogens with zero attached hydrogens (tertiary/aromatic N) is 1. The van der Waals surface area contributed by atoms with Crippen molar-refractivity contribution < 1.29 is 14.3 Å². The molecule has 0 spiro atoms. The Morgan fingerprint density at radius 1 is 1.04 bits per heavy atom. The molecule has 2 aromatic rings. The third-order valence-corrected chi connectivity index (χ3v) is 5.08. The first-order valence-electron chi connectivity index (χ1n) is 9.41. The fourth-order valence-electron chi connectivity index (χ4n) is 3.36. The first-order valence-corrected chi connectivity index (χ1v) is 9.79. The fraction of sp³-hybridized carbons (Fsp3) is 0.381. The summed E-state index contributed by atoms with van der Waals surface area (Å²) < 4.78 is 10.5. The molecule has 0 atom stereocenters. The van der Waals surface area contributed by atoms with E-state index in [2.05, 4.69) is 21.6 Å². The molecule has 1 heterocycles. The highest BCUT2D eigenvalue weighted by Crippen LogP contribution is 2.36. The predicted molar refractivity (Wildman–Crippen MR) is 114 cm³/mol. The highest BCUT2D eigenvalue weighted by molar-refractivity contribution is 6.32. The summed E-state index contributed by atoms with van der Waals surface area (Å²) in [6.07, 6.45) is 3.68. The summed E-state index contributed by atoms with van der Waals surface area (Å²) in [6.45, 7) is 2.23. The van der Waals surface area contributed by atoms with Crippen LogP contribution in [-0.2, 0) is 4.79 Å². The quantitative estimate of drug-likeness (QED) is 0.717. The molecule has 0 radical (unpaired) electrons. The van der Waals surface area contributed by atoms with Crippen LogP contribution in [0.1, 0.15) is 19.3 Å². The highest BCUT2D eigenvalue weighted by Gasteiger charge is 2.16. The number of amides is 1. The van der Waals surface area contributed by atoms with E-state index in [0.29, 0.717) is 22.2 Å². The van der Waals surface area contributed by atoms with Crippen LogP contribution >= 0.6 is 11.6 Å². The van der Waals surface area contributed by atoms with Crippen molar-refractivity contribution in [1.82, 2.24) is 0 Å². The molecule has 0 aromatic heterocycles. The van der Waals surface area contributed by atoms with Gasteiger partial charge in [0.2, 0.25) is 5.91 Å². The number of piperidine rings is 1. The zero-order valence-corrected chi connectivity index (χ0v) is 17.0. The van der Waals surface area contributed by atoms with Crippen molar-refractivity contribution in [2.75, 3.05) is 49.4 Å². The molecule has 1 saturated heterocycles. The average molecular weight is 404 g/mol. The van der Waals surface area contributed by atoms with Crippen molar-refractivity contribution >= 4 is 34.6 Å². The molecular formula is C21H26ClN3O3. The van der Waals surface area contributed by atoms with Crippen LogP contribution in [0.4, 0.5) is 17.1 Å². The summed E-state index contributed by atoms with van der Waals surface area (Å²) in [5.41, 5.74) is 2.60. The Hall–Kier alpha value is -2.60. The fourth-order valence-corrected chi connectivity index (χ4v) is 3.60. The molecule has 1 amide bonds. The maximum Gasteiger partial charge on any atom is 0.243 e. The number of nitrogens with one attached hydrogen (secondary N) is 2. The monoisotopic (exact) mass is 403 g/mol. The van der Waals surface area contributed by atoms with Crippen LogP contribution in [0.15, 0.2) is 36.4 Å². The zero-order valence-electron chi connectivity index (χ0n) is 16.3. The van der Waals surface area contributed by atoms with Gasteiger partial charge in [0, 0.05) is 19.2 Å². The largest absolute Gasteiger partial charge is 0.495 e. The third-order valence-electron chi connectivity index (χ3n) is 4.79. The molecule has 0 bridgehead atoms. The number of ether oxygens (including phenoxy) is 2. The molecule has 2 N–H and O–H groups in total. The lowest BCUT2D eigenvalue weighted by Crippen LogP contribution is -2.30. The second kappa shape index (κ2) is 9.55. The molecule has 0 unspecified atom stereocenters. The number of carbonyl (C=O) groups is 1. The number of para-hydroxylation sites is 2. The summed E-state index contributed by atoms with van der Waals surface area (Å²) in [5.74, 6) is 0.793. The number of carbonyl (C=O) groups excluding carboxylic acids is 1. The Bertz CT molecular complexity index is 823. The van der Waals surface area contributed by atoms with Gasteiger partial charge in [0.05, 0.1) is 42.8 Å². The van der Waals surface area contributed by atoms with Gasteiger partial charge in [-0.05, 0) is 37.5 Å². The lowest BCUT2D eigenvalue weighted by atomic mass is 10.1. The van der Waals surface area contributed by atoms with Crippen LogP contribution in [0.25, 0.3) is 0 Å². The minimum absolute atomic E-state index is 0.137. The third kappa shape index (κ3) is 4.81. The van der Waals surface area contributed by atoms with Gasteiger partial charge in [0.15, 0.2) is 0 Å². The van der Waals surface area contributed by atoms with Crippen molar-refractivity contribution in [3.05, 3.63) is 41.4 Å². The normalized spacial score (nSPS) is 13.8. The van der Waals surface area contributed by atoms with Crippen molar-refractivity contribution in [2.45, 2.75) is 19.3 Å². The van der Waals surface area contributed by atoms with E-state index in [-0.39, 0.29) is 12.5 Å². The van der Waals surface area contributed by atoms with Crippen molar-refractivity contribution in [2.24, 2.45) is 0 Å². The van der Waals surface area contributed by atoms with Crippen LogP contribution in [0.2, 0.25) is 5.02 Å². The van der Waals surface area contributed by atoms with Crippen molar-refractivity contribution in [3.8, 4) is 11.5 Å². The van der Waals surface area contributed by atoms with E-state index >= 15 is 0 Å². The van der Waals surface area contributed by atoms with Gasteiger partial charge in [-0.3, -0.25) is 4.79 Å². The molecular weight excluding hydrogens is 378 g/mol. The number of benzene rings is 2. The van der Waals surface area contributed by atoms with E-state index in [0.717, 1.165) is 24.5 Å². The Balaban J connectivity index is 1.66. The van der Waals surface area contributed by atoms with Gasteiger partial charge in [-0.2, -0.15) is 0 Å². The second-order valence-corrected chi connectivity index (χ2v) is 7.06. The molecule has 1 aliphatic rings. The first kappa shape index (κ1) is 20.1. The number of rotatable bonds is 7. The molecule has 28 heavy (non-hydrogen) atoms. The van der Waals surface area contributed by atoms with E-state index < -0.39 is 0 Å². The van der Waals surface area contributed by atoms with E-state index in [1.54, 1.807) is 12.1 Å². The van der Waals surface area contributed by atoms with Gasteiger partial charge in [-0.15, -0.1) is 0 Å². The highest BCUT2D eigenvalue weighted by atomic mass is 35.5. The number of halogens is 1. The predicted octanol–water partition coefficient (Wildman–Crippen LogP) is 4.40. The molecule has 6 nitrogen and oxygen atoms in total. The van der Waals surface area contributed by atoms with E-state index in [4.69, 9.17) is 21.1 Å². The maximum absolute atomic E-state index is 12.5. The maximum atomic E-state index is 12.5. The zero-order chi connectivity index (χ0) is 19.9. The molecule has 150 valence electrons. The summed E-state index contributed by atoms with van der Waals surface area (Å²) >= 11 is 6.17. The van der Waals surface area contributed by atoms with Crippen LogP contribution in [-0.4, -0.2) is 39.8 Å². The van der Waals surface area contributed by atoms with E-state index in [1.807, 2.05) is 18.2 Å². The summed E-state index contributed by atoms with van der Waals surface area (Å²) in [4.78, 5) is 14.9. The van der Waals surface area contributed by atoms with E-state index in [9.17, 15) is 4.79 Å². The average Bonchev–Trinajstić information content (AvgIpc) is 2.73. The summed E-state index contributed by atoms with van der Waals surface area (Å²) in [6, 6.07) is 11.4. The minimum Gasteiger partial charge on any atom is -0.495 e. The molecule has 1 aliphatic heterocycles. The molecule has 0 saturated carbocycles. The number of anilines is 3. The molecule has 1 fully saturated rings. The Kier molecular flexibility index (Phi) is 6.87.